The van der Waals surface area contributed by atoms with E-state index in [-0.39, 0.29) is 11.8 Å². The summed E-state index contributed by atoms with van der Waals surface area (Å²) in [4.78, 5) is 21.6. The van der Waals surface area contributed by atoms with Crippen molar-refractivity contribution in [3.63, 3.8) is 0 Å². The van der Waals surface area contributed by atoms with E-state index in [2.05, 4.69) is 10.5 Å². The van der Waals surface area contributed by atoms with Gasteiger partial charge in [0.1, 0.15) is 0 Å². The quantitative estimate of drug-likeness (QED) is 0.180. The second kappa shape index (κ2) is 8.18. The zero-order valence-electron chi connectivity index (χ0n) is 8.25. The summed E-state index contributed by atoms with van der Waals surface area (Å²) in [6.45, 7) is 1.71. The van der Waals surface area contributed by atoms with Crippen LogP contribution in [0.4, 0.5) is 0 Å². The summed E-state index contributed by atoms with van der Waals surface area (Å²) >= 11 is 0. The van der Waals surface area contributed by atoms with Gasteiger partial charge in [0.2, 0.25) is 11.8 Å². The monoisotopic (exact) mass is 200 g/mol. The highest BCUT2D eigenvalue weighted by Gasteiger charge is 2.01. The van der Waals surface area contributed by atoms with Gasteiger partial charge in [-0.1, -0.05) is 0 Å². The van der Waals surface area contributed by atoms with Crippen LogP contribution in [0.1, 0.15) is 32.6 Å². The van der Waals surface area contributed by atoms with Gasteiger partial charge >= 0.3 is 0 Å². The van der Waals surface area contributed by atoms with Gasteiger partial charge in [0.25, 0.3) is 0 Å². The molecule has 0 heterocycles. The van der Waals surface area contributed by atoms with Crippen molar-refractivity contribution >= 4 is 18.0 Å². The summed E-state index contributed by atoms with van der Waals surface area (Å²) in [6.07, 6.45) is 3.51. The van der Waals surface area contributed by atoms with E-state index in [4.69, 9.17) is 5.84 Å². The Kier molecular flexibility index (Phi) is 7.35. The molecule has 0 aliphatic carbocycles. The second-order valence-corrected chi connectivity index (χ2v) is 2.70. The number of carbonyl (C=O) groups excluding carboxylic acids is 2. The third kappa shape index (κ3) is 7.23. The minimum absolute atomic E-state index is 0.142. The highest BCUT2D eigenvalue weighted by atomic mass is 16.2. The van der Waals surface area contributed by atoms with E-state index >= 15 is 0 Å². The lowest BCUT2D eigenvalue weighted by Crippen LogP contribution is -2.29. The lowest BCUT2D eigenvalue weighted by Gasteiger charge is -1.99. The summed E-state index contributed by atoms with van der Waals surface area (Å²) < 4.78 is 0. The number of hydrazine groups is 1. The number of unbranched alkanes of at least 4 members (excludes halogenated alkanes) is 1. The van der Waals surface area contributed by atoms with Crippen LogP contribution in [-0.4, -0.2) is 18.0 Å². The Hall–Kier alpha value is -1.43. The van der Waals surface area contributed by atoms with Crippen molar-refractivity contribution in [1.82, 2.24) is 10.9 Å². The summed E-state index contributed by atoms with van der Waals surface area (Å²) in [5.41, 5.74) is 4.36. The highest BCUT2D eigenvalue weighted by molar-refractivity contribution is 5.77. The molecule has 6 heteroatoms. The third-order valence-electron chi connectivity index (χ3n) is 1.54. The average molecular weight is 200 g/mol. The van der Waals surface area contributed by atoms with Crippen molar-refractivity contribution in [1.29, 1.82) is 0 Å². The average Bonchev–Trinajstić information content (AvgIpc) is 2.21. The number of hydrazone groups is 1. The predicted molar refractivity (Wildman–Crippen MR) is 53.1 cm³/mol. The van der Waals surface area contributed by atoms with Gasteiger partial charge in [-0.15, -0.1) is 0 Å². The SMILES string of the molecule is C/C=N/NC(=O)CCCCC(=O)NN. The first-order valence-corrected chi connectivity index (χ1v) is 4.46. The Balaban J connectivity index is 3.36. The van der Waals surface area contributed by atoms with Gasteiger partial charge in [-0.3, -0.25) is 15.0 Å². The van der Waals surface area contributed by atoms with E-state index in [0.717, 1.165) is 0 Å². The molecule has 0 aliphatic heterocycles. The zero-order valence-corrected chi connectivity index (χ0v) is 8.25. The zero-order chi connectivity index (χ0) is 10.8. The van der Waals surface area contributed by atoms with Gasteiger partial charge in [0, 0.05) is 19.1 Å². The molecule has 0 aromatic carbocycles. The van der Waals surface area contributed by atoms with E-state index in [1.807, 2.05) is 5.43 Å². The second-order valence-electron chi connectivity index (χ2n) is 2.70. The van der Waals surface area contributed by atoms with Crippen molar-refractivity contribution < 1.29 is 9.59 Å². The van der Waals surface area contributed by atoms with E-state index < -0.39 is 0 Å². The number of nitrogens with one attached hydrogen (secondary N) is 2. The number of carbonyl (C=O) groups is 2. The maximum absolute atomic E-state index is 11.0. The topological polar surface area (TPSA) is 96.6 Å². The molecule has 0 fully saturated rings. The van der Waals surface area contributed by atoms with Crippen LogP contribution in [0, 0.1) is 0 Å². The molecule has 80 valence electrons. The van der Waals surface area contributed by atoms with Crippen molar-refractivity contribution in [2.75, 3.05) is 0 Å². The fourth-order valence-corrected chi connectivity index (χ4v) is 0.836. The standard InChI is InChI=1S/C8H16N4O2/c1-2-10-12-8(14)6-4-3-5-7(13)11-9/h2H,3-6,9H2,1H3,(H,11,13)(H,12,14)/b10-2+. The molecule has 0 aromatic heterocycles. The van der Waals surface area contributed by atoms with Gasteiger partial charge in [-0.2, -0.15) is 5.10 Å². The van der Waals surface area contributed by atoms with E-state index in [1.54, 1.807) is 6.92 Å². The molecule has 0 bridgehead atoms. The molecule has 14 heavy (non-hydrogen) atoms. The van der Waals surface area contributed by atoms with Crippen molar-refractivity contribution in [2.45, 2.75) is 32.6 Å². The molecule has 0 spiro atoms. The normalized spacial score (nSPS) is 10.1. The fourth-order valence-electron chi connectivity index (χ4n) is 0.836. The van der Waals surface area contributed by atoms with Crippen molar-refractivity contribution in [3.8, 4) is 0 Å². The summed E-state index contributed by atoms with van der Waals surface area (Å²) in [6, 6.07) is 0. The third-order valence-corrected chi connectivity index (χ3v) is 1.54. The van der Waals surface area contributed by atoms with Gasteiger partial charge in [0.15, 0.2) is 0 Å². The number of hydrogen-bond donors (Lipinski definition) is 3. The van der Waals surface area contributed by atoms with Crippen LogP contribution in [0.2, 0.25) is 0 Å². The number of nitrogens with two attached hydrogens (primary N) is 1. The smallest absolute Gasteiger partial charge is 0.240 e. The largest absolute Gasteiger partial charge is 0.294 e. The molecule has 0 rings (SSSR count). The molecule has 2 amide bonds. The van der Waals surface area contributed by atoms with Gasteiger partial charge in [-0.05, 0) is 19.8 Å². The molecule has 0 saturated heterocycles. The molecular weight excluding hydrogens is 184 g/mol. The molecule has 4 N–H and O–H groups in total. The van der Waals surface area contributed by atoms with Crippen LogP contribution in [0.25, 0.3) is 0 Å². The minimum atomic E-state index is -0.211. The Morgan fingerprint density at radius 2 is 1.86 bits per heavy atom. The van der Waals surface area contributed by atoms with Crippen LogP contribution in [-0.2, 0) is 9.59 Å². The van der Waals surface area contributed by atoms with Crippen LogP contribution in [0.15, 0.2) is 5.10 Å². The molecule has 0 aliphatic rings. The molecule has 0 unspecified atom stereocenters. The van der Waals surface area contributed by atoms with Crippen molar-refractivity contribution in [2.24, 2.45) is 10.9 Å². The van der Waals surface area contributed by atoms with Gasteiger partial charge < -0.3 is 0 Å². The van der Waals surface area contributed by atoms with Gasteiger partial charge in [0.05, 0.1) is 0 Å². The molecular formula is C8H16N4O2. The van der Waals surface area contributed by atoms with Crippen LogP contribution in [0.3, 0.4) is 0 Å². The number of amides is 2. The Morgan fingerprint density at radius 3 is 2.36 bits per heavy atom. The van der Waals surface area contributed by atoms with Crippen molar-refractivity contribution in [3.05, 3.63) is 0 Å². The number of nitrogens with zero attached hydrogens (tertiary/aromatic N) is 1. The summed E-state index contributed by atoms with van der Waals surface area (Å²) in [7, 11) is 0. The first-order valence-electron chi connectivity index (χ1n) is 4.46. The molecule has 0 saturated carbocycles. The maximum atomic E-state index is 11.0. The fraction of sp³-hybridized carbons (Fsp3) is 0.625. The van der Waals surface area contributed by atoms with E-state index in [1.165, 1.54) is 6.21 Å². The van der Waals surface area contributed by atoms with Gasteiger partial charge in [-0.25, -0.2) is 11.3 Å². The van der Waals surface area contributed by atoms with Crippen LogP contribution in [0.5, 0.6) is 0 Å². The van der Waals surface area contributed by atoms with E-state index in [9.17, 15) is 9.59 Å². The van der Waals surface area contributed by atoms with Crippen LogP contribution >= 0.6 is 0 Å². The molecule has 0 aromatic rings. The number of hydrogen-bond acceptors (Lipinski definition) is 4. The number of rotatable bonds is 6. The summed E-state index contributed by atoms with van der Waals surface area (Å²) in [5, 5.41) is 3.58. The van der Waals surface area contributed by atoms with E-state index in [0.29, 0.717) is 25.7 Å². The highest BCUT2D eigenvalue weighted by Crippen LogP contribution is 1.99. The predicted octanol–water partition coefficient (Wildman–Crippen LogP) is -0.341. The Bertz CT molecular complexity index is 215. The lowest BCUT2D eigenvalue weighted by molar-refractivity contribution is -0.123. The molecule has 0 atom stereocenters. The molecule has 6 nitrogen and oxygen atoms in total. The van der Waals surface area contributed by atoms with Crippen LogP contribution < -0.4 is 16.7 Å². The minimum Gasteiger partial charge on any atom is -0.294 e. The first-order chi connectivity index (χ1) is 6.70. The molecule has 0 radical (unpaired) electrons. The maximum Gasteiger partial charge on any atom is 0.240 e. The first kappa shape index (κ1) is 12.6. The summed E-state index contributed by atoms with van der Waals surface area (Å²) in [5.74, 6) is 4.53. The Morgan fingerprint density at radius 1 is 1.29 bits per heavy atom. The Labute approximate surface area is 82.9 Å². The lowest BCUT2D eigenvalue weighted by atomic mass is 10.2.